The lowest BCUT2D eigenvalue weighted by Crippen LogP contribution is -2.40. The predicted octanol–water partition coefficient (Wildman–Crippen LogP) is 2.18. The van der Waals surface area contributed by atoms with Gasteiger partial charge in [0.15, 0.2) is 5.16 Å². The maximum atomic E-state index is 9.17. The second-order valence-electron chi connectivity index (χ2n) is 4.07. The molecule has 0 amide bonds. The van der Waals surface area contributed by atoms with Crippen molar-refractivity contribution in [2.24, 2.45) is 7.05 Å². The molecule has 4 nitrogen and oxygen atoms in total. The van der Waals surface area contributed by atoms with Crippen LogP contribution in [0.1, 0.15) is 26.2 Å². The zero-order valence-electron chi connectivity index (χ0n) is 10.7. The Labute approximate surface area is 107 Å². The van der Waals surface area contributed by atoms with E-state index in [4.69, 9.17) is 5.26 Å². The zero-order valence-corrected chi connectivity index (χ0v) is 11.5. The lowest BCUT2D eigenvalue weighted by Gasteiger charge is -2.24. The molecule has 0 aromatic carbocycles. The summed E-state index contributed by atoms with van der Waals surface area (Å²) in [4.78, 5) is 4.26. The Morgan fingerprint density at radius 2 is 2.41 bits per heavy atom. The van der Waals surface area contributed by atoms with E-state index in [0.29, 0.717) is 0 Å². The third-order valence-electron chi connectivity index (χ3n) is 3.05. The molecule has 0 saturated carbocycles. The molecule has 0 aliphatic carbocycles. The number of nitrogens with zero attached hydrogens (tertiary/aromatic N) is 3. The van der Waals surface area contributed by atoms with Gasteiger partial charge in [-0.3, -0.25) is 0 Å². The van der Waals surface area contributed by atoms with Crippen LogP contribution in [-0.2, 0) is 7.05 Å². The normalized spacial score (nSPS) is 14.2. The minimum Gasteiger partial charge on any atom is -0.329 e. The van der Waals surface area contributed by atoms with Gasteiger partial charge in [0.25, 0.3) is 0 Å². The first-order chi connectivity index (χ1) is 8.17. The molecule has 1 atom stereocenters. The number of nitrogens with one attached hydrogen (secondary N) is 1. The second kappa shape index (κ2) is 6.67. The average molecular weight is 252 g/mol. The van der Waals surface area contributed by atoms with Crippen LogP contribution in [0.5, 0.6) is 0 Å². The maximum absolute atomic E-state index is 9.17. The van der Waals surface area contributed by atoms with Crippen molar-refractivity contribution in [3.8, 4) is 6.07 Å². The summed E-state index contributed by atoms with van der Waals surface area (Å²) in [5.74, 6) is 0.996. The molecule has 0 aliphatic rings. The molecule has 1 aromatic heterocycles. The number of thioether (sulfide) groups is 1. The number of imidazole rings is 1. The lowest BCUT2D eigenvalue weighted by atomic mass is 9.93. The van der Waals surface area contributed by atoms with Crippen molar-refractivity contribution in [3.05, 3.63) is 12.4 Å². The predicted molar refractivity (Wildman–Crippen MR) is 70.9 cm³/mol. The highest BCUT2D eigenvalue weighted by molar-refractivity contribution is 7.99. The topological polar surface area (TPSA) is 53.6 Å². The summed E-state index contributed by atoms with van der Waals surface area (Å²) in [5.41, 5.74) is -0.359. The summed E-state index contributed by atoms with van der Waals surface area (Å²) in [6.45, 7) is 2.05. The van der Waals surface area contributed by atoms with Crippen LogP contribution >= 0.6 is 11.8 Å². The van der Waals surface area contributed by atoms with Gasteiger partial charge in [-0.05, 0) is 26.3 Å². The van der Waals surface area contributed by atoms with Crippen LogP contribution in [0.25, 0.3) is 0 Å². The second-order valence-corrected chi connectivity index (χ2v) is 5.13. The Hall–Kier alpha value is -0.990. The number of nitriles is 1. The van der Waals surface area contributed by atoms with Crippen LogP contribution in [0.4, 0.5) is 0 Å². The van der Waals surface area contributed by atoms with Gasteiger partial charge in [-0.1, -0.05) is 18.7 Å². The quantitative estimate of drug-likeness (QED) is 0.597. The van der Waals surface area contributed by atoms with E-state index in [1.807, 2.05) is 38.0 Å². The van der Waals surface area contributed by atoms with E-state index in [9.17, 15) is 0 Å². The maximum Gasteiger partial charge on any atom is 0.167 e. The van der Waals surface area contributed by atoms with Gasteiger partial charge in [0, 0.05) is 25.2 Å². The molecule has 0 spiro atoms. The first kappa shape index (κ1) is 14.1. The number of aryl methyl sites for hydroxylation is 1. The largest absolute Gasteiger partial charge is 0.329 e. The third-order valence-corrected chi connectivity index (χ3v) is 4.20. The van der Waals surface area contributed by atoms with Crippen LogP contribution in [0.15, 0.2) is 17.6 Å². The Bertz CT molecular complexity index is 376. The van der Waals surface area contributed by atoms with Crippen LogP contribution in [0.3, 0.4) is 0 Å². The van der Waals surface area contributed by atoms with E-state index in [-0.39, 0.29) is 5.54 Å². The lowest BCUT2D eigenvalue weighted by molar-refractivity contribution is 0.400. The van der Waals surface area contributed by atoms with Crippen molar-refractivity contribution in [3.63, 3.8) is 0 Å². The van der Waals surface area contributed by atoms with Gasteiger partial charge in [-0.25, -0.2) is 4.98 Å². The first-order valence-corrected chi connectivity index (χ1v) is 6.86. The molecule has 1 rings (SSSR count). The summed E-state index contributed by atoms with van der Waals surface area (Å²) >= 11 is 1.74. The molecule has 17 heavy (non-hydrogen) atoms. The Kier molecular flexibility index (Phi) is 5.52. The molecule has 0 saturated heterocycles. The number of hydrogen-bond donors (Lipinski definition) is 1. The molecular weight excluding hydrogens is 232 g/mol. The van der Waals surface area contributed by atoms with Crippen LogP contribution in [-0.4, -0.2) is 27.9 Å². The molecular formula is C12H20N4S. The Balaban J connectivity index is 2.33. The summed E-state index contributed by atoms with van der Waals surface area (Å²) in [6.07, 6.45) is 6.49. The van der Waals surface area contributed by atoms with Gasteiger partial charge in [0.2, 0.25) is 0 Å². The first-order valence-electron chi connectivity index (χ1n) is 5.87. The van der Waals surface area contributed by atoms with Gasteiger partial charge in [-0.2, -0.15) is 5.26 Å². The molecule has 0 fully saturated rings. The van der Waals surface area contributed by atoms with Gasteiger partial charge < -0.3 is 9.88 Å². The fraction of sp³-hybridized carbons (Fsp3) is 0.667. The molecule has 94 valence electrons. The Morgan fingerprint density at radius 1 is 1.65 bits per heavy atom. The van der Waals surface area contributed by atoms with Gasteiger partial charge in [-0.15, -0.1) is 0 Å². The zero-order chi connectivity index (χ0) is 12.7. The van der Waals surface area contributed by atoms with Crippen molar-refractivity contribution in [2.45, 2.75) is 36.9 Å². The molecule has 1 heterocycles. The highest BCUT2D eigenvalue weighted by atomic mass is 32.2. The minimum atomic E-state index is -0.359. The van der Waals surface area contributed by atoms with Gasteiger partial charge in [0.1, 0.15) is 5.54 Å². The average Bonchev–Trinajstić information content (AvgIpc) is 2.76. The summed E-state index contributed by atoms with van der Waals surface area (Å²) < 4.78 is 2.01. The highest BCUT2D eigenvalue weighted by Crippen LogP contribution is 2.21. The number of aromatic nitrogens is 2. The van der Waals surface area contributed by atoms with Crippen LogP contribution in [0.2, 0.25) is 0 Å². The fourth-order valence-corrected chi connectivity index (χ4v) is 2.57. The van der Waals surface area contributed by atoms with Crippen molar-refractivity contribution < 1.29 is 0 Å². The molecule has 0 bridgehead atoms. The molecule has 1 unspecified atom stereocenters. The van der Waals surface area contributed by atoms with E-state index in [0.717, 1.165) is 30.2 Å². The molecule has 1 aromatic rings. The third kappa shape index (κ3) is 3.76. The number of hydrogen-bond acceptors (Lipinski definition) is 4. The van der Waals surface area contributed by atoms with E-state index in [2.05, 4.69) is 16.4 Å². The fourth-order valence-electron chi connectivity index (χ4n) is 1.70. The van der Waals surface area contributed by atoms with Crippen molar-refractivity contribution >= 4 is 11.8 Å². The monoisotopic (exact) mass is 252 g/mol. The van der Waals surface area contributed by atoms with Gasteiger partial charge >= 0.3 is 0 Å². The van der Waals surface area contributed by atoms with Crippen LogP contribution in [0, 0.1) is 11.3 Å². The SMILES string of the molecule is CCC(C#N)(CCCSc1nccn1C)NC. The van der Waals surface area contributed by atoms with E-state index < -0.39 is 0 Å². The van der Waals surface area contributed by atoms with E-state index in [1.165, 1.54) is 0 Å². The smallest absolute Gasteiger partial charge is 0.167 e. The molecule has 0 aliphatic heterocycles. The summed E-state index contributed by atoms with van der Waals surface area (Å²) in [6, 6.07) is 2.38. The standard InChI is InChI=1S/C12H20N4S/c1-4-12(10-13,14-2)6-5-9-17-11-15-7-8-16(11)3/h7-8,14H,4-6,9H2,1-3H3. The number of rotatable bonds is 7. The van der Waals surface area contributed by atoms with Crippen molar-refractivity contribution in [2.75, 3.05) is 12.8 Å². The molecule has 1 N–H and O–H groups in total. The van der Waals surface area contributed by atoms with Crippen molar-refractivity contribution in [1.82, 2.24) is 14.9 Å². The summed E-state index contributed by atoms with van der Waals surface area (Å²) in [5, 5.41) is 13.3. The van der Waals surface area contributed by atoms with E-state index >= 15 is 0 Å². The highest BCUT2D eigenvalue weighted by Gasteiger charge is 2.24. The summed E-state index contributed by atoms with van der Waals surface area (Å²) in [7, 11) is 3.85. The minimum absolute atomic E-state index is 0.359. The van der Waals surface area contributed by atoms with Crippen molar-refractivity contribution in [1.29, 1.82) is 5.26 Å². The van der Waals surface area contributed by atoms with Gasteiger partial charge in [0.05, 0.1) is 6.07 Å². The molecule has 0 radical (unpaired) electrons. The van der Waals surface area contributed by atoms with Crippen LogP contribution < -0.4 is 5.32 Å². The van der Waals surface area contributed by atoms with E-state index in [1.54, 1.807) is 11.8 Å². The molecule has 5 heteroatoms. The Morgan fingerprint density at radius 3 is 2.88 bits per heavy atom.